The molecule has 0 heterocycles. The first-order valence-electron chi connectivity index (χ1n) is 3.56. The smallest absolute Gasteiger partial charge is 0.0183 e. The van der Waals surface area contributed by atoms with Gasteiger partial charge >= 0.3 is 0 Å². The van der Waals surface area contributed by atoms with Crippen molar-refractivity contribution in [2.45, 2.75) is 38.8 Å². The fraction of sp³-hybridized carbons (Fsp3) is 1.00. The van der Waals surface area contributed by atoms with E-state index in [2.05, 4.69) is 13.5 Å². The summed E-state index contributed by atoms with van der Waals surface area (Å²) in [5.74, 6) is 0. The molecule has 0 fully saturated rings. The normalized spacial score (nSPS) is 10.0. The van der Waals surface area contributed by atoms with Gasteiger partial charge in [-0.15, -0.1) is 0 Å². The largest absolute Gasteiger partial charge is 0.0761 e. The Kier molecular flexibility index (Phi) is 9.28. The average molecular weight is 170 g/mol. The standard InChI is InChI=1S/C6H14Si3/c1-3-4-5-6-8-9-7-2/h3-6H2,1-2H3. The Labute approximate surface area is 65.9 Å². The molecule has 0 aliphatic heterocycles. The highest BCUT2D eigenvalue weighted by atomic mass is 29.5. The Bertz CT molecular complexity index is 41.6. The number of rotatable bonds is 6. The van der Waals surface area contributed by atoms with Crippen molar-refractivity contribution in [2.75, 3.05) is 0 Å². The van der Waals surface area contributed by atoms with Crippen LogP contribution in [0.3, 0.4) is 0 Å². The highest BCUT2D eigenvalue weighted by Crippen LogP contribution is 1.97. The van der Waals surface area contributed by atoms with Crippen molar-refractivity contribution >= 4 is 26.6 Å². The van der Waals surface area contributed by atoms with Gasteiger partial charge in [0.2, 0.25) is 0 Å². The summed E-state index contributed by atoms with van der Waals surface area (Å²) in [5, 5.41) is 0. The highest BCUT2D eigenvalue weighted by Gasteiger charge is 1.88. The van der Waals surface area contributed by atoms with Gasteiger partial charge in [0.05, 0.1) is 0 Å². The fourth-order valence-electron chi connectivity index (χ4n) is 0.614. The van der Waals surface area contributed by atoms with Crippen LogP contribution in [-0.4, -0.2) is 26.6 Å². The SMILES string of the molecule is CCCCC[Si][Si][Si]C. The van der Waals surface area contributed by atoms with E-state index in [1.807, 2.05) is 0 Å². The Morgan fingerprint density at radius 3 is 2.56 bits per heavy atom. The van der Waals surface area contributed by atoms with Crippen molar-refractivity contribution in [2.24, 2.45) is 0 Å². The van der Waals surface area contributed by atoms with Gasteiger partial charge in [-0.1, -0.05) is 38.8 Å². The van der Waals surface area contributed by atoms with E-state index in [-0.39, 0.29) is 0 Å². The Balaban J connectivity index is 2.60. The van der Waals surface area contributed by atoms with Crippen LogP contribution >= 0.6 is 0 Å². The van der Waals surface area contributed by atoms with Crippen LogP contribution in [-0.2, 0) is 0 Å². The van der Waals surface area contributed by atoms with Crippen LogP contribution in [0.1, 0.15) is 26.2 Å². The predicted molar refractivity (Wildman–Crippen MR) is 47.5 cm³/mol. The molecule has 0 saturated carbocycles. The minimum atomic E-state index is 1.21. The third-order valence-corrected chi connectivity index (χ3v) is 8.02. The molecule has 0 rings (SSSR count). The predicted octanol–water partition coefficient (Wildman–Crippen LogP) is 1.59. The van der Waals surface area contributed by atoms with Crippen LogP contribution < -0.4 is 0 Å². The molecular weight excluding hydrogens is 156 g/mol. The van der Waals surface area contributed by atoms with Gasteiger partial charge < -0.3 is 0 Å². The molecular formula is C6H14Si3. The van der Waals surface area contributed by atoms with Crippen LogP contribution in [0.2, 0.25) is 12.6 Å². The molecule has 9 heavy (non-hydrogen) atoms. The summed E-state index contributed by atoms with van der Waals surface area (Å²) < 4.78 is 0. The highest BCUT2D eigenvalue weighted by molar-refractivity contribution is 7.29. The monoisotopic (exact) mass is 170 g/mol. The number of hydrogen-bond acceptors (Lipinski definition) is 0. The Hall–Kier alpha value is 0.651. The average Bonchev–Trinajstić information content (AvgIpc) is 1.89. The van der Waals surface area contributed by atoms with Crippen molar-refractivity contribution in [1.29, 1.82) is 0 Å². The van der Waals surface area contributed by atoms with Crippen molar-refractivity contribution < 1.29 is 0 Å². The molecule has 0 aromatic carbocycles. The summed E-state index contributed by atoms with van der Waals surface area (Å²) in [7, 11) is 3.77. The van der Waals surface area contributed by atoms with E-state index in [4.69, 9.17) is 0 Å². The van der Waals surface area contributed by atoms with Crippen molar-refractivity contribution in [3.05, 3.63) is 0 Å². The molecule has 50 valence electrons. The third kappa shape index (κ3) is 8.65. The molecule has 0 bridgehead atoms. The molecule has 0 atom stereocenters. The second-order valence-electron chi connectivity index (χ2n) is 2.01. The van der Waals surface area contributed by atoms with E-state index < -0.39 is 0 Å². The van der Waals surface area contributed by atoms with Gasteiger partial charge in [-0.25, -0.2) is 0 Å². The van der Waals surface area contributed by atoms with Gasteiger partial charge in [0.1, 0.15) is 0 Å². The molecule has 0 nitrogen and oxygen atoms in total. The summed E-state index contributed by atoms with van der Waals surface area (Å²) in [6, 6.07) is 1.51. The summed E-state index contributed by atoms with van der Waals surface area (Å²) in [5.41, 5.74) is 0. The molecule has 0 N–H and O–H groups in total. The van der Waals surface area contributed by atoms with Crippen molar-refractivity contribution in [3.8, 4) is 0 Å². The van der Waals surface area contributed by atoms with Gasteiger partial charge in [0.15, 0.2) is 0 Å². The maximum atomic E-state index is 2.31. The second kappa shape index (κ2) is 8.65. The van der Waals surface area contributed by atoms with E-state index in [1.54, 1.807) is 0 Å². The zero-order chi connectivity index (χ0) is 6.95. The molecule has 0 spiro atoms. The van der Waals surface area contributed by atoms with Gasteiger partial charge in [-0.2, -0.15) is 0 Å². The Morgan fingerprint density at radius 1 is 1.22 bits per heavy atom. The molecule has 0 saturated heterocycles. The van der Waals surface area contributed by atoms with Gasteiger partial charge in [0, 0.05) is 26.6 Å². The molecule has 0 aliphatic carbocycles. The van der Waals surface area contributed by atoms with E-state index in [0.29, 0.717) is 0 Å². The third-order valence-electron chi connectivity index (χ3n) is 1.12. The molecule has 0 amide bonds. The van der Waals surface area contributed by atoms with E-state index >= 15 is 0 Å². The number of unbranched alkanes of at least 4 members (excludes halogenated alkanes) is 2. The lowest BCUT2D eigenvalue weighted by atomic mass is 10.3. The summed E-state index contributed by atoms with van der Waals surface area (Å²) >= 11 is 0. The molecule has 0 unspecified atom stereocenters. The van der Waals surface area contributed by atoms with E-state index in [9.17, 15) is 0 Å². The minimum absolute atomic E-state index is 1.21. The first kappa shape index (κ1) is 9.65. The minimum Gasteiger partial charge on any atom is -0.0761 e. The fourth-order valence-corrected chi connectivity index (χ4v) is 5.49. The van der Waals surface area contributed by atoms with E-state index in [0.717, 1.165) is 0 Å². The Morgan fingerprint density at radius 2 is 2.00 bits per heavy atom. The van der Waals surface area contributed by atoms with Crippen molar-refractivity contribution in [3.63, 3.8) is 0 Å². The molecule has 6 radical (unpaired) electrons. The van der Waals surface area contributed by atoms with Crippen LogP contribution in [0, 0.1) is 0 Å². The van der Waals surface area contributed by atoms with Crippen LogP contribution in [0.25, 0.3) is 0 Å². The first-order chi connectivity index (χ1) is 4.41. The van der Waals surface area contributed by atoms with Crippen LogP contribution in [0.15, 0.2) is 0 Å². The lowest BCUT2D eigenvalue weighted by molar-refractivity contribution is 0.770. The van der Waals surface area contributed by atoms with Gasteiger partial charge in [0.25, 0.3) is 0 Å². The van der Waals surface area contributed by atoms with E-state index in [1.165, 1.54) is 51.9 Å². The topological polar surface area (TPSA) is 0 Å². The summed E-state index contributed by atoms with van der Waals surface area (Å²) in [6.45, 7) is 4.58. The van der Waals surface area contributed by atoms with Crippen LogP contribution in [0.5, 0.6) is 0 Å². The van der Waals surface area contributed by atoms with Crippen molar-refractivity contribution in [1.82, 2.24) is 0 Å². The summed E-state index contributed by atoms with van der Waals surface area (Å²) in [4.78, 5) is 0. The lowest BCUT2D eigenvalue weighted by Crippen LogP contribution is -2.08. The van der Waals surface area contributed by atoms with Gasteiger partial charge in [-0.3, -0.25) is 0 Å². The molecule has 0 aromatic heterocycles. The first-order valence-corrected chi connectivity index (χ1v) is 9.27. The quantitative estimate of drug-likeness (QED) is 0.419. The maximum Gasteiger partial charge on any atom is 0.0183 e. The molecule has 0 aromatic rings. The summed E-state index contributed by atoms with van der Waals surface area (Å²) in [6.07, 6.45) is 4.30. The molecule has 3 heteroatoms. The number of hydrogen-bond donors (Lipinski definition) is 0. The van der Waals surface area contributed by atoms with Crippen LogP contribution in [0.4, 0.5) is 0 Å². The maximum absolute atomic E-state index is 2.31. The van der Waals surface area contributed by atoms with Gasteiger partial charge in [-0.05, 0) is 0 Å². The zero-order valence-electron chi connectivity index (χ0n) is 6.33. The second-order valence-corrected chi connectivity index (χ2v) is 9.17. The zero-order valence-corrected chi connectivity index (χ0v) is 9.33. The lowest BCUT2D eigenvalue weighted by Gasteiger charge is -1.93. The molecule has 0 aliphatic rings.